The standard InChI is InChI=1S/C27H25N3O6/c28-25(29)18-3-1-16(2-4-18)17-7-11-23(12-8-17)36-15-22-13-20(14-24(31)32)26(33)30(22)21-9-5-19(6-10-21)27(34)35/h1-12,20,22H,13-15H2,(H3,28,29)(H,31,32)(H,34,35)/t20-,22-/m0/s1. The molecule has 4 rings (SSSR count). The number of benzene rings is 3. The van der Waals surface area contributed by atoms with E-state index in [9.17, 15) is 19.5 Å². The van der Waals surface area contributed by atoms with E-state index in [1.807, 2.05) is 36.4 Å². The molecule has 9 heteroatoms. The van der Waals surface area contributed by atoms with Crippen LogP contribution in [0.1, 0.15) is 28.8 Å². The Bertz CT molecular complexity index is 1290. The highest BCUT2D eigenvalue weighted by molar-refractivity contribution is 6.00. The zero-order valence-electron chi connectivity index (χ0n) is 19.3. The summed E-state index contributed by atoms with van der Waals surface area (Å²) < 4.78 is 5.97. The molecule has 1 amide bonds. The van der Waals surface area contributed by atoms with Gasteiger partial charge in [0.2, 0.25) is 5.91 Å². The number of nitrogens with two attached hydrogens (primary N) is 1. The zero-order chi connectivity index (χ0) is 25.8. The molecule has 5 N–H and O–H groups in total. The summed E-state index contributed by atoms with van der Waals surface area (Å²) in [5.41, 5.74) is 8.65. The van der Waals surface area contributed by atoms with Gasteiger partial charge in [-0.3, -0.25) is 15.0 Å². The van der Waals surface area contributed by atoms with Gasteiger partial charge in [-0.05, 0) is 53.9 Å². The summed E-state index contributed by atoms with van der Waals surface area (Å²) in [6, 6.07) is 20.3. The van der Waals surface area contributed by atoms with E-state index in [0.29, 0.717) is 23.4 Å². The summed E-state index contributed by atoms with van der Waals surface area (Å²) in [6.07, 6.45) is 0.0303. The molecule has 3 aromatic rings. The molecular weight excluding hydrogens is 462 g/mol. The van der Waals surface area contributed by atoms with Gasteiger partial charge in [0.15, 0.2) is 0 Å². The molecule has 3 aromatic carbocycles. The SMILES string of the molecule is N=C(N)c1ccc(-c2ccc(OC[C@@H]3C[C@@H](CC(=O)O)C(=O)N3c3ccc(C(=O)O)cc3)cc2)cc1. The normalized spacial score (nSPS) is 17.1. The molecule has 0 bridgehead atoms. The van der Waals surface area contributed by atoms with Crippen LogP contribution >= 0.6 is 0 Å². The van der Waals surface area contributed by atoms with Gasteiger partial charge in [0, 0.05) is 11.3 Å². The van der Waals surface area contributed by atoms with Crippen molar-refractivity contribution in [1.29, 1.82) is 5.41 Å². The van der Waals surface area contributed by atoms with Gasteiger partial charge < -0.3 is 25.6 Å². The number of amidine groups is 1. The van der Waals surface area contributed by atoms with Crippen LogP contribution in [-0.2, 0) is 9.59 Å². The Balaban J connectivity index is 1.48. The first-order valence-electron chi connectivity index (χ1n) is 11.3. The second kappa shape index (κ2) is 10.3. The lowest BCUT2D eigenvalue weighted by atomic mass is 10.0. The minimum Gasteiger partial charge on any atom is -0.491 e. The number of anilines is 1. The number of nitrogens with one attached hydrogen (secondary N) is 1. The Labute approximate surface area is 207 Å². The van der Waals surface area contributed by atoms with Crippen molar-refractivity contribution in [3.05, 3.63) is 83.9 Å². The number of hydrogen-bond acceptors (Lipinski definition) is 5. The second-order valence-corrected chi connectivity index (χ2v) is 8.57. The molecule has 184 valence electrons. The molecule has 0 unspecified atom stereocenters. The Kier molecular flexibility index (Phi) is 7.00. The number of carboxylic acids is 2. The van der Waals surface area contributed by atoms with Crippen molar-refractivity contribution >= 4 is 29.4 Å². The number of carbonyl (C=O) groups is 3. The van der Waals surface area contributed by atoms with E-state index in [2.05, 4.69) is 0 Å². The Hall–Kier alpha value is -4.66. The van der Waals surface area contributed by atoms with Gasteiger partial charge in [-0.1, -0.05) is 36.4 Å². The average Bonchev–Trinajstić information content (AvgIpc) is 3.17. The molecule has 1 aliphatic rings. The van der Waals surface area contributed by atoms with E-state index in [0.717, 1.165) is 11.1 Å². The van der Waals surface area contributed by atoms with Crippen molar-refractivity contribution in [2.45, 2.75) is 18.9 Å². The first kappa shape index (κ1) is 24.5. The summed E-state index contributed by atoms with van der Waals surface area (Å²) in [5.74, 6) is -2.53. The summed E-state index contributed by atoms with van der Waals surface area (Å²) >= 11 is 0. The predicted octanol–water partition coefficient (Wildman–Crippen LogP) is 3.61. The van der Waals surface area contributed by atoms with Crippen LogP contribution < -0.4 is 15.4 Å². The van der Waals surface area contributed by atoms with Gasteiger partial charge in [0.1, 0.15) is 18.2 Å². The van der Waals surface area contributed by atoms with Gasteiger partial charge in [-0.2, -0.15) is 0 Å². The van der Waals surface area contributed by atoms with Crippen LogP contribution in [0.2, 0.25) is 0 Å². The third-order valence-corrected chi connectivity index (χ3v) is 6.15. The van der Waals surface area contributed by atoms with Crippen LogP contribution in [0.15, 0.2) is 72.8 Å². The fourth-order valence-electron chi connectivity index (χ4n) is 4.32. The highest BCUT2D eigenvalue weighted by Crippen LogP contribution is 2.33. The molecule has 9 nitrogen and oxygen atoms in total. The van der Waals surface area contributed by atoms with Gasteiger partial charge in [0.05, 0.1) is 23.9 Å². The quantitative estimate of drug-likeness (QED) is 0.265. The predicted molar refractivity (Wildman–Crippen MR) is 133 cm³/mol. The number of amides is 1. The van der Waals surface area contributed by atoms with Crippen LogP contribution in [0.4, 0.5) is 5.69 Å². The summed E-state index contributed by atoms with van der Waals surface area (Å²) in [7, 11) is 0. The van der Waals surface area contributed by atoms with Crippen molar-refractivity contribution in [2.75, 3.05) is 11.5 Å². The average molecular weight is 488 g/mol. The van der Waals surface area contributed by atoms with Gasteiger partial charge in [0.25, 0.3) is 0 Å². The highest BCUT2D eigenvalue weighted by atomic mass is 16.5. The van der Waals surface area contributed by atoms with Gasteiger partial charge in [-0.15, -0.1) is 0 Å². The summed E-state index contributed by atoms with van der Waals surface area (Å²) in [4.78, 5) is 37.0. The molecule has 1 heterocycles. The van der Waals surface area contributed by atoms with Gasteiger partial charge in [-0.25, -0.2) is 4.79 Å². The molecule has 0 radical (unpaired) electrons. The van der Waals surface area contributed by atoms with Crippen molar-refractivity contribution in [1.82, 2.24) is 0 Å². The molecule has 1 aliphatic heterocycles. The molecule has 36 heavy (non-hydrogen) atoms. The van der Waals surface area contributed by atoms with Crippen LogP contribution in [0.3, 0.4) is 0 Å². The van der Waals surface area contributed by atoms with E-state index in [1.54, 1.807) is 24.3 Å². The number of rotatable bonds is 9. The van der Waals surface area contributed by atoms with E-state index in [1.165, 1.54) is 17.0 Å². The maximum Gasteiger partial charge on any atom is 0.335 e. The number of aliphatic carboxylic acids is 1. The molecule has 0 aromatic heterocycles. The zero-order valence-corrected chi connectivity index (χ0v) is 19.3. The lowest BCUT2D eigenvalue weighted by Crippen LogP contribution is -2.37. The molecule has 0 aliphatic carbocycles. The summed E-state index contributed by atoms with van der Waals surface area (Å²) in [6.45, 7) is 0.148. The minimum atomic E-state index is -1.07. The Morgan fingerprint density at radius 2 is 1.47 bits per heavy atom. The molecule has 2 atom stereocenters. The number of carboxylic acid groups (broad SMARTS) is 2. The van der Waals surface area contributed by atoms with Crippen LogP contribution in [-0.4, -0.2) is 46.5 Å². The number of nitrogens with zero attached hydrogens (tertiary/aromatic N) is 1. The first-order valence-corrected chi connectivity index (χ1v) is 11.3. The number of hydrogen-bond donors (Lipinski definition) is 4. The lowest BCUT2D eigenvalue weighted by Gasteiger charge is -2.25. The molecule has 0 saturated carbocycles. The topological polar surface area (TPSA) is 154 Å². The first-order chi connectivity index (χ1) is 17.2. The molecule has 1 fully saturated rings. The second-order valence-electron chi connectivity index (χ2n) is 8.57. The fourth-order valence-corrected chi connectivity index (χ4v) is 4.32. The number of ether oxygens (including phenoxy) is 1. The van der Waals surface area contributed by atoms with E-state index in [4.69, 9.17) is 21.0 Å². The monoisotopic (exact) mass is 487 g/mol. The molecule has 0 spiro atoms. The number of nitrogen functional groups attached to an aromatic ring is 1. The number of carbonyl (C=O) groups excluding carboxylic acids is 1. The largest absolute Gasteiger partial charge is 0.491 e. The maximum atomic E-state index is 13.0. The van der Waals surface area contributed by atoms with Crippen molar-refractivity contribution in [3.63, 3.8) is 0 Å². The summed E-state index contributed by atoms with van der Waals surface area (Å²) in [5, 5.41) is 25.9. The van der Waals surface area contributed by atoms with E-state index >= 15 is 0 Å². The van der Waals surface area contributed by atoms with E-state index in [-0.39, 0.29) is 30.3 Å². The fraction of sp³-hybridized carbons (Fsp3) is 0.185. The van der Waals surface area contributed by atoms with Crippen LogP contribution in [0.25, 0.3) is 11.1 Å². The minimum absolute atomic E-state index is 0.00755. The Morgan fingerprint density at radius 1 is 0.917 bits per heavy atom. The van der Waals surface area contributed by atoms with Crippen LogP contribution in [0, 0.1) is 11.3 Å². The molecule has 1 saturated heterocycles. The smallest absolute Gasteiger partial charge is 0.335 e. The molecular formula is C27H25N3O6. The lowest BCUT2D eigenvalue weighted by molar-refractivity contribution is -0.140. The maximum absolute atomic E-state index is 13.0. The van der Waals surface area contributed by atoms with Crippen molar-refractivity contribution in [2.24, 2.45) is 11.7 Å². The van der Waals surface area contributed by atoms with Gasteiger partial charge >= 0.3 is 11.9 Å². The van der Waals surface area contributed by atoms with Crippen molar-refractivity contribution in [3.8, 4) is 16.9 Å². The highest BCUT2D eigenvalue weighted by Gasteiger charge is 2.41. The third kappa shape index (κ3) is 5.35. The van der Waals surface area contributed by atoms with Crippen molar-refractivity contribution < 1.29 is 29.3 Å². The Morgan fingerprint density at radius 3 is 2.00 bits per heavy atom. The number of aromatic carboxylic acids is 1. The van der Waals surface area contributed by atoms with E-state index < -0.39 is 23.9 Å². The van der Waals surface area contributed by atoms with Crippen LogP contribution in [0.5, 0.6) is 5.75 Å². The third-order valence-electron chi connectivity index (χ3n) is 6.15.